The third kappa shape index (κ3) is 3.66. The van der Waals surface area contributed by atoms with Crippen LogP contribution < -0.4 is 5.32 Å². The lowest BCUT2D eigenvalue weighted by molar-refractivity contribution is 0.646. The molecule has 20 heavy (non-hydrogen) atoms. The molecule has 2 rings (SSSR count). The van der Waals surface area contributed by atoms with E-state index in [1.54, 1.807) is 6.07 Å². The molecule has 2 nitrogen and oxygen atoms in total. The van der Waals surface area contributed by atoms with Crippen LogP contribution in [0.4, 0.5) is 5.69 Å². The van der Waals surface area contributed by atoms with Gasteiger partial charge in [-0.3, -0.25) is 0 Å². The summed E-state index contributed by atoms with van der Waals surface area (Å²) in [5.41, 5.74) is 1.06. The molecule has 0 amide bonds. The van der Waals surface area contributed by atoms with E-state index in [4.69, 9.17) is 23.2 Å². The number of anilines is 1. The first-order valence-corrected chi connectivity index (χ1v) is 6.96. The Morgan fingerprint density at radius 1 is 1.10 bits per heavy atom. The highest BCUT2D eigenvalue weighted by Crippen LogP contribution is 2.26. The average molecular weight is 305 g/mol. The number of rotatable bonds is 4. The van der Waals surface area contributed by atoms with Crippen LogP contribution >= 0.6 is 23.2 Å². The van der Waals surface area contributed by atoms with Gasteiger partial charge in [0.2, 0.25) is 0 Å². The predicted octanol–water partition coefficient (Wildman–Crippen LogP) is 4.93. The Morgan fingerprint density at radius 3 is 2.35 bits per heavy atom. The Balaban J connectivity index is 2.19. The number of benzene rings is 2. The third-order valence-corrected chi connectivity index (χ3v) is 3.58. The summed E-state index contributed by atoms with van der Waals surface area (Å²) in [4.78, 5) is 0. The fourth-order valence-electron chi connectivity index (χ4n) is 1.98. The van der Waals surface area contributed by atoms with Gasteiger partial charge in [0.15, 0.2) is 0 Å². The van der Waals surface area contributed by atoms with Crippen molar-refractivity contribution < 1.29 is 0 Å². The number of hydrogen-bond donors (Lipinski definition) is 1. The Kier molecular flexibility index (Phi) is 4.54. The van der Waals surface area contributed by atoms with E-state index in [9.17, 15) is 5.26 Å². The van der Waals surface area contributed by atoms with Crippen molar-refractivity contribution in [1.82, 2.24) is 0 Å². The monoisotopic (exact) mass is 304 g/mol. The van der Waals surface area contributed by atoms with Gasteiger partial charge in [0.1, 0.15) is 5.54 Å². The lowest BCUT2D eigenvalue weighted by Gasteiger charge is -2.25. The molecule has 0 saturated heterocycles. The average Bonchev–Trinajstić information content (AvgIpc) is 2.44. The van der Waals surface area contributed by atoms with Gasteiger partial charge in [0.25, 0.3) is 0 Å². The van der Waals surface area contributed by atoms with Crippen molar-refractivity contribution in [3.63, 3.8) is 0 Å². The number of halogens is 2. The quantitative estimate of drug-likeness (QED) is 0.869. The van der Waals surface area contributed by atoms with Crippen LogP contribution in [0.25, 0.3) is 0 Å². The molecule has 0 fully saturated rings. The number of nitriles is 1. The van der Waals surface area contributed by atoms with Crippen molar-refractivity contribution in [2.45, 2.75) is 18.9 Å². The summed E-state index contributed by atoms with van der Waals surface area (Å²) in [7, 11) is 0. The highest BCUT2D eigenvalue weighted by molar-refractivity contribution is 6.33. The molecule has 2 aromatic rings. The zero-order valence-electron chi connectivity index (χ0n) is 11.0. The maximum absolute atomic E-state index is 9.47. The number of hydrogen-bond acceptors (Lipinski definition) is 2. The molecule has 0 aliphatic rings. The molecule has 102 valence electrons. The first kappa shape index (κ1) is 14.7. The van der Waals surface area contributed by atoms with Crippen LogP contribution in [0.5, 0.6) is 0 Å². The maximum Gasteiger partial charge on any atom is 0.126 e. The molecule has 0 aromatic heterocycles. The topological polar surface area (TPSA) is 35.8 Å². The second-order valence-electron chi connectivity index (χ2n) is 4.85. The molecule has 0 heterocycles. The minimum absolute atomic E-state index is 0.561. The second kappa shape index (κ2) is 6.17. The van der Waals surface area contributed by atoms with Gasteiger partial charge in [0, 0.05) is 11.4 Å². The first-order valence-electron chi connectivity index (χ1n) is 6.21. The minimum atomic E-state index is -0.737. The van der Waals surface area contributed by atoms with E-state index in [1.807, 2.05) is 49.4 Å². The van der Waals surface area contributed by atoms with Crippen molar-refractivity contribution in [3.05, 3.63) is 64.1 Å². The van der Waals surface area contributed by atoms with E-state index in [0.717, 1.165) is 11.3 Å². The zero-order valence-corrected chi connectivity index (χ0v) is 12.5. The summed E-state index contributed by atoms with van der Waals surface area (Å²) in [6.45, 7) is 1.85. The number of para-hydroxylation sites is 1. The predicted molar refractivity (Wildman–Crippen MR) is 84.2 cm³/mol. The van der Waals surface area contributed by atoms with Crippen LogP contribution in [0.3, 0.4) is 0 Å². The van der Waals surface area contributed by atoms with Crippen molar-refractivity contribution in [2.24, 2.45) is 0 Å². The zero-order chi connectivity index (χ0) is 14.6. The fraction of sp³-hybridized carbons (Fsp3) is 0.188. The van der Waals surface area contributed by atoms with Crippen molar-refractivity contribution >= 4 is 28.9 Å². The van der Waals surface area contributed by atoms with Crippen molar-refractivity contribution in [1.29, 1.82) is 5.26 Å². The van der Waals surface area contributed by atoms with Gasteiger partial charge < -0.3 is 5.32 Å². The molecule has 0 aliphatic carbocycles. The summed E-state index contributed by atoms with van der Waals surface area (Å²) < 4.78 is 0. The standard InChI is InChI=1S/C16H14Cl2N2/c1-16(11-19,10-12-6-8-13(17)9-7-12)20-15-5-3-2-4-14(15)18/h2-9,20H,10H2,1H3. The molecule has 0 aliphatic heterocycles. The molecule has 1 N–H and O–H groups in total. The Hall–Kier alpha value is -1.69. The highest BCUT2D eigenvalue weighted by atomic mass is 35.5. The molecule has 0 bridgehead atoms. The molecular formula is C16H14Cl2N2. The van der Waals surface area contributed by atoms with Gasteiger partial charge in [-0.2, -0.15) is 5.26 Å². The summed E-state index contributed by atoms with van der Waals surface area (Å²) >= 11 is 12.0. The molecule has 4 heteroatoms. The van der Waals surface area contributed by atoms with Gasteiger partial charge in [-0.15, -0.1) is 0 Å². The highest BCUT2D eigenvalue weighted by Gasteiger charge is 2.24. The van der Waals surface area contributed by atoms with Gasteiger partial charge in [-0.05, 0) is 36.8 Å². The first-order chi connectivity index (χ1) is 9.52. The van der Waals surface area contributed by atoms with Crippen LogP contribution in [-0.4, -0.2) is 5.54 Å². The summed E-state index contributed by atoms with van der Waals surface area (Å²) in [5.74, 6) is 0. The van der Waals surface area contributed by atoms with E-state index in [-0.39, 0.29) is 0 Å². The molecule has 0 saturated carbocycles. The lowest BCUT2D eigenvalue weighted by Crippen LogP contribution is -2.35. The molecular weight excluding hydrogens is 291 g/mol. The van der Waals surface area contributed by atoms with Gasteiger partial charge in [0.05, 0.1) is 16.8 Å². The summed E-state index contributed by atoms with van der Waals surface area (Å²) in [6.07, 6.45) is 0.561. The van der Waals surface area contributed by atoms with Gasteiger partial charge in [-0.25, -0.2) is 0 Å². The van der Waals surface area contributed by atoms with Crippen LogP contribution in [0.15, 0.2) is 48.5 Å². The Morgan fingerprint density at radius 2 is 1.75 bits per heavy atom. The Labute approximate surface area is 128 Å². The van der Waals surface area contributed by atoms with E-state index in [1.165, 1.54) is 0 Å². The van der Waals surface area contributed by atoms with Crippen LogP contribution in [0.1, 0.15) is 12.5 Å². The second-order valence-corrected chi connectivity index (χ2v) is 5.70. The third-order valence-electron chi connectivity index (χ3n) is 3.00. The number of nitrogens with one attached hydrogen (secondary N) is 1. The maximum atomic E-state index is 9.47. The smallest absolute Gasteiger partial charge is 0.126 e. The van der Waals surface area contributed by atoms with E-state index >= 15 is 0 Å². The largest absolute Gasteiger partial charge is 0.366 e. The molecule has 0 spiro atoms. The molecule has 0 radical (unpaired) electrons. The van der Waals surface area contributed by atoms with Gasteiger partial charge in [-0.1, -0.05) is 47.5 Å². The SMILES string of the molecule is CC(C#N)(Cc1ccc(Cl)cc1)Nc1ccccc1Cl. The van der Waals surface area contributed by atoms with Crippen LogP contribution in [0.2, 0.25) is 10.0 Å². The van der Waals surface area contributed by atoms with Crippen LogP contribution in [-0.2, 0) is 6.42 Å². The van der Waals surface area contributed by atoms with E-state index < -0.39 is 5.54 Å². The lowest BCUT2D eigenvalue weighted by atomic mass is 9.94. The van der Waals surface area contributed by atoms with Crippen LogP contribution in [0, 0.1) is 11.3 Å². The molecule has 2 aromatic carbocycles. The normalized spacial score (nSPS) is 13.3. The molecule has 1 unspecified atom stereocenters. The minimum Gasteiger partial charge on any atom is -0.366 e. The van der Waals surface area contributed by atoms with Crippen molar-refractivity contribution in [3.8, 4) is 6.07 Å². The fourth-order valence-corrected chi connectivity index (χ4v) is 2.29. The summed E-state index contributed by atoms with van der Waals surface area (Å²) in [5, 5.41) is 14.0. The summed E-state index contributed by atoms with van der Waals surface area (Å²) in [6, 6.07) is 17.2. The van der Waals surface area contributed by atoms with Crippen molar-refractivity contribution in [2.75, 3.05) is 5.32 Å². The van der Waals surface area contributed by atoms with Gasteiger partial charge >= 0.3 is 0 Å². The molecule has 1 atom stereocenters. The van der Waals surface area contributed by atoms with E-state index in [0.29, 0.717) is 16.5 Å². The van der Waals surface area contributed by atoms with E-state index in [2.05, 4.69) is 11.4 Å². The Bertz CT molecular complexity index is 632. The number of nitrogens with zero attached hydrogens (tertiary/aromatic N) is 1.